The molecular weight excluding hydrogens is 238 g/mol. The summed E-state index contributed by atoms with van der Waals surface area (Å²) in [6, 6.07) is 5.17. The van der Waals surface area contributed by atoms with Gasteiger partial charge in [-0.15, -0.1) is 0 Å². The van der Waals surface area contributed by atoms with Crippen LogP contribution < -0.4 is 5.32 Å². The Morgan fingerprint density at radius 2 is 2.18 bits per heavy atom. The van der Waals surface area contributed by atoms with Crippen molar-refractivity contribution in [3.8, 4) is 0 Å². The van der Waals surface area contributed by atoms with Gasteiger partial charge in [-0.1, -0.05) is 25.4 Å². The summed E-state index contributed by atoms with van der Waals surface area (Å²) in [5.41, 5.74) is 1.24. The van der Waals surface area contributed by atoms with E-state index in [4.69, 9.17) is 16.3 Å². The Kier molecular flexibility index (Phi) is 5.29. The summed E-state index contributed by atoms with van der Waals surface area (Å²) < 4.78 is 4.72. The number of methoxy groups -OCH3 is 1. The van der Waals surface area contributed by atoms with E-state index < -0.39 is 0 Å². The molecule has 0 aliphatic carbocycles. The molecule has 0 fully saturated rings. The third-order valence-electron chi connectivity index (χ3n) is 2.42. The van der Waals surface area contributed by atoms with Gasteiger partial charge < -0.3 is 10.1 Å². The Morgan fingerprint density at radius 1 is 1.47 bits per heavy atom. The lowest BCUT2D eigenvalue weighted by atomic mass is 10.1. The molecule has 4 heteroatoms. The molecule has 0 aliphatic heterocycles. The normalized spacial score (nSPS) is 10.4. The molecule has 94 valence electrons. The van der Waals surface area contributed by atoms with Gasteiger partial charge in [0, 0.05) is 17.3 Å². The van der Waals surface area contributed by atoms with Gasteiger partial charge in [0.25, 0.3) is 0 Å². The SMILES string of the molecule is COC(=O)c1cc(Cl)ccc1NCCC(C)C. The lowest BCUT2D eigenvalue weighted by Gasteiger charge is -2.12. The van der Waals surface area contributed by atoms with E-state index >= 15 is 0 Å². The standard InChI is InChI=1S/C13H18ClNO2/c1-9(2)6-7-15-12-5-4-10(14)8-11(12)13(16)17-3/h4-5,8-9,15H,6-7H2,1-3H3. The molecule has 0 unspecified atom stereocenters. The van der Waals surface area contributed by atoms with E-state index in [1.807, 2.05) is 0 Å². The van der Waals surface area contributed by atoms with Crippen LogP contribution in [0.15, 0.2) is 18.2 Å². The summed E-state index contributed by atoms with van der Waals surface area (Å²) in [4.78, 5) is 11.6. The van der Waals surface area contributed by atoms with E-state index in [9.17, 15) is 4.79 Å². The van der Waals surface area contributed by atoms with Crippen LogP contribution in [0, 0.1) is 5.92 Å². The smallest absolute Gasteiger partial charge is 0.340 e. The predicted molar refractivity (Wildman–Crippen MR) is 70.7 cm³/mol. The first-order valence-corrected chi connectivity index (χ1v) is 6.04. The van der Waals surface area contributed by atoms with Gasteiger partial charge in [-0.25, -0.2) is 4.79 Å². The minimum Gasteiger partial charge on any atom is -0.465 e. The van der Waals surface area contributed by atoms with Crippen LogP contribution in [0.3, 0.4) is 0 Å². The number of ether oxygens (including phenoxy) is 1. The van der Waals surface area contributed by atoms with Crippen molar-refractivity contribution in [3.05, 3.63) is 28.8 Å². The third-order valence-corrected chi connectivity index (χ3v) is 2.66. The van der Waals surface area contributed by atoms with E-state index in [1.54, 1.807) is 18.2 Å². The summed E-state index contributed by atoms with van der Waals surface area (Å²) in [5, 5.41) is 3.76. The quantitative estimate of drug-likeness (QED) is 0.818. The molecule has 3 nitrogen and oxygen atoms in total. The van der Waals surface area contributed by atoms with Crippen molar-refractivity contribution in [2.45, 2.75) is 20.3 Å². The first-order chi connectivity index (χ1) is 8.04. The number of carbonyl (C=O) groups is 1. The number of anilines is 1. The number of esters is 1. The zero-order valence-corrected chi connectivity index (χ0v) is 11.2. The van der Waals surface area contributed by atoms with Crippen molar-refractivity contribution < 1.29 is 9.53 Å². The molecule has 0 atom stereocenters. The zero-order chi connectivity index (χ0) is 12.8. The Morgan fingerprint density at radius 3 is 2.76 bits per heavy atom. The molecule has 1 N–H and O–H groups in total. The van der Waals surface area contributed by atoms with E-state index in [2.05, 4.69) is 19.2 Å². The largest absolute Gasteiger partial charge is 0.465 e. The summed E-state index contributed by atoms with van der Waals surface area (Å²) in [5.74, 6) is 0.246. The van der Waals surface area contributed by atoms with E-state index in [-0.39, 0.29) is 5.97 Å². The molecular formula is C13H18ClNO2. The third kappa shape index (κ3) is 4.27. The minimum absolute atomic E-state index is 0.375. The number of hydrogen-bond acceptors (Lipinski definition) is 3. The van der Waals surface area contributed by atoms with Crippen LogP contribution in [0.2, 0.25) is 5.02 Å². The van der Waals surface area contributed by atoms with E-state index in [0.29, 0.717) is 16.5 Å². The highest BCUT2D eigenvalue weighted by atomic mass is 35.5. The Balaban J connectivity index is 2.79. The van der Waals surface area contributed by atoms with Crippen LogP contribution in [-0.2, 0) is 4.74 Å². The van der Waals surface area contributed by atoms with Gasteiger partial charge in [-0.3, -0.25) is 0 Å². The highest BCUT2D eigenvalue weighted by Gasteiger charge is 2.12. The maximum Gasteiger partial charge on any atom is 0.340 e. The van der Waals surface area contributed by atoms with Gasteiger partial charge in [-0.05, 0) is 30.5 Å². The highest BCUT2D eigenvalue weighted by molar-refractivity contribution is 6.31. The number of carbonyl (C=O) groups excluding carboxylic acids is 1. The summed E-state index contributed by atoms with van der Waals surface area (Å²) >= 11 is 5.87. The number of hydrogen-bond donors (Lipinski definition) is 1. The van der Waals surface area contributed by atoms with Crippen molar-refractivity contribution in [1.29, 1.82) is 0 Å². The molecule has 0 saturated carbocycles. The molecule has 0 aromatic heterocycles. The Bertz CT molecular complexity index is 391. The molecule has 1 aromatic carbocycles. The van der Waals surface area contributed by atoms with E-state index in [0.717, 1.165) is 18.7 Å². The molecule has 0 radical (unpaired) electrons. The molecule has 0 bridgehead atoms. The number of benzene rings is 1. The highest BCUT2D eigenvalue weighted by Crippen LogP contribution is 2.21. The van der Waals surface area contributed by atoms with Crippen molar-refractivity contribution >= 4 is 23.3 Å². The first-order valence-electron chi connectivity index (χ1n) is 5.66. The predicted octanol–water partition coefficient (Wildman–Crippen LogP) is 3.58. The second-order valence-electron chi connectivity index (χ2n) is 4.29. The van der Waals surface area contributed by atoms with Gasteiger partial charge in [0.1, 0.15) is 0 Å². The van der Waals surface area contributed by atoms with Gasteiger partial charge in [0.15, 0.2) is 0 Å². The van der Waals surface area contributed by atoms with E-state index in [1.165, 1.54) is 7.11 Å². The van der Waals surface area contributed by atoms with Gasteiger partial charge in [-0.2, -0.15) is 0 Å². The maximum atomic E-state index is 11.6. The zero-order valence-electron chi connectivity index (χ0n) is 10.4. The fourth-order valence-corrected chi connectivity index (χ4v) is 1.62. The molecule has 0 saturated heterocycles. The Labute approximate surface area is 107 Å². The van der Waals surface area contributed by atoms with Crippen LogP contribution in [0.5, 0.6) is 0 Å². The van der Waals surface area contributed by atoms with Crippen molar-refractivity contribution in [3.63, 3.8) is 0 Å². The van der Waals surface area contributed by atoms with Crippen LogP contribution in [0.1, 0.15) is 30.6 Å². The van der Waals surface area contributed by atoms with Crippen LogP contribution in [0.25, 0.3) is 0 Å². The minimum atomic E-state index is -0.375. The molecule has 17 heavy (non-hydrogen) atoms. The summed E-state index contributed by atoms with van der Waals surface area (Å²) in [7, 11) is 1.36. The molecule has 0 amide bonds. The Hall–Kier alpha value is -1.22. The summed E-state index contributed by atoms with van der Waals surface area (Å²) in [6.45, 7) is 5.14. The molecule has 0 heterocycles. The van der Waals surface area contributed by atoms with Crippen LogP contribution in [-0.4, -0.2) is 19.6 Å². The number of rotatable bonds is 5. The van der Waals surface area contributed by atoms with Crippen molar-refractivity contribution in [1.82, 2.24) is 0 Å². The number of nitrogens with one attached hydrogen (secondary N) is 1. The van der Waals surface area contributed by atoms with Gasteiger partial charge in [0.2, 0.25) is 0 Å². The molecule has 1 aromatic rings. The number of halogens is 1. The first kappa shape index (κ1) is 13.8. The van der Waals surface area contributed by atoms with Crippen LogP contribution in [0.4, 0.5) is 5.69 Å². The van der Waals surface area contributed by atoms with Crippen molar-refractivity contribution in [2.75, 3.05) is 19.0 Å². The molecule has 1 rings (SSSR count). The second-order valence-corrected chi connectivity index (χ2v) is 4.73. The average Bonchev–Trinajstić information content (AvgIpc) is 2.29. The lowest BCUT2D eigenvalue weighted by Crippen LogP contribution is -2.10. The fraction of sp³-hybridized carbons (Fsp3) is 0.462. The topological polar surface area (TPSA) is 38.3 Å². The molecule has 0 spiro atoms. The van der Waals surface area contributed by atoms with Gasteiger partial charge >= 0.3 is 5.97 Å². The molecule has 0 aliphatic rings. The second kappa shape index (κ2) is 6.50. The van der Waals surface area contributed by atoms with Crippen molar-refractivity contribution in [2.24, 2.45) is 5.92 Å². The fourth-order valence-electron chi connectivity index (χ4n) is 1.44. The van der Waals surface area contributed by atoms with Crippen LogP contribution >= 0.6 is 11.6 Å². The average molecular weight is 256 g/mol. The lowest BCUT2D eigenvalue weighted by molar-refractivity contribution is 0.0602. The maximum absolute atomic E-state index is 11.6. The van der Waals surface area contributed by atoms with Gasteiger partial charge in [0.05, 0.1) is 12.7 Å². The summed E-state index contributed by atoms with van der Waals surface area (Å²) in [6.07, 6.45) is 1.04. The monoisotopic (exact) mass is 255 g/mol.